The topological polar surface area (TPSA) is 81.4 Å². The summed E-state index contributed by atoms with van der Waals surface area (Å²) in [6, 6.07) is 3.46. The van der Waals surface area contributed by atoms with Crippen molar-refractivity contribution < 1.29 is 13.2 Å². The molecule has 0 bridgehead atoms. The second kappa shape index (κ2) is 5.02. The van der Waals surface area contributed by atoms with Crippen molar-refractivity contribution in [2.45, 2.75) is 50.7 Å². The fourth-order valence-electron chi connectivity index (χ4n) is 2.49. The van der Waals surface area contributed by atoms with E-state index in [-0.39, 0.29) is 16.7 Å². The Morgan fingerprint density at radius 2 is 2.05 bits per heavy atom. The monoisotopic (exact) mass is 298 g/mol. The molecule has 1 aliphatic heterocycles. The molecule has 2 atom stereocenters. The molecule has 1 aromatic carbocycles. The lowest BCUT2D eigenvalue weighted by Crippen LogP contribution is -2.50. The number of nitrogen functional groups attached to an aromatic ring is 1. The van der Waals surface area contributed by atoms with Crippen LogP contribution in [0, 0.1) is 13.8 Å². The normalized spacial score (nSPS) is 26.9. The summed E-state index contributed by atoms with van der Waals surface area (Å²) in [6.45, 7) is 7.95. The first-order valence-corrected chi connectivity index (χ1v) is 8.17. The number of benzene rings is 1. The number of rotatable bonds is 3. The zero-order valence-corrected chi connectivity index (χ0v) is 13.2. The second-order valence-corrected chi connectivity index (χ2v) is 7.33. The Hall–Kier alpha value is -1.11. The summed E-state index contributed by atoms with van der Waals surface area (Å²) in [7, 11) is -3.67. The lowest BCUT2D eigenvalue weighted by molar-refractivity contribution is 0.0957. The van der Waals surface area contributed by atoms with Gasteiger partial charge in [-0.05, 0) is 51.3 Å². The average Bonchev–Trinajstić information content (AvgIpc) is 2.63. The van der Waals surface area contributed by atoms with Gasteiger partial charge in [0.1, 0.15) is 4.90 Å². The number of anilines is 1. The number of nitrogens with two attached hydrogens (primary N) is 1. The fourth-order valence-corrected chi connectivity index (χ4v) is 4.42. The third-order valence-electron chi connectivity index (χ3n) is 4.23. The van der Waals surface area contributed by atoms with Crippen molar-refractivity contribution in [2.75, 3.05) is 12.3 Å². The molecule has 20 heavy (non-hydrogen) atoms. The van der Waals surface area contributed by atoms with Gasteiger partial charge in [-0.15, -0.1) is 0 Å². The maximum Gasteiger partial charge on any atom is 0.243 e. The molecule has 0 radical (unpaired) electrons. The van der Waals surface area contributed by atoms with Gasteiger partial charge in [-0.2, -0.15) is 0 Å². The molecule has 1 fully saturated rings. The molecule has 1 heterocycles. The molecular weight excluding hydrogens is 276 g/mol. The van der Waals surface area contributed by atoms with Gasteiger partial charge in [0.25, 0.3) is 0 Å². The number of hydrogen-bond donors (Lipinski definition) is 2. The van der Waals surface area contributed by atoms with Crippen LogP contribution in [0.15, 0.2) is 17.0 Å². The summed E-state index contributed by atoms with van der Waals surface area (Å²) in [5, 5.41) is 0. The fraction of sp³-hybridized carbons (Fsp3) is 0.571. The van der Waals surface area contributed by atoms with E-state index in [9.17, 15) is 8.42 Å². The molecule has 2 unspecified atom stereocenters. The summed E-state index contributed by atoms with van der Waals surface area (Å²) in [4.78, 5) is 0.179. The summed E-state index contributed by atoms with van der Waals surface area (Å²) >= 11 is 0. The minimum absolute atomic E-state index is 0.163. The van der Waals surface area contributed by atoms with E-state index in [0.717, 1.165) is 5.56 Å². The van der Waals surface area contributed by atoms with Crippen molar-refractivity contribution in [1.29, 1.82) is 0 Å². The maximum absolute atomic E-state index is 12.7. The first kappa shape index (κ1) is 15.3. The first-order valence-electron chi connectivity index (χ1n) is 6.68. The Morgan fingerprint density at radius 3 is 2.60 bits per heavy atom. The van der Waals surface area contributed by atoms with E-state index in [1.54, 1.807) is 13.0 Å². The van der Waals surface area contributed by atoms with Crippen LogP contribution in [0.5, 0.6) is 0 Å². The average molecular weight is 298 g/mol. The molecule has 1 saturated heterocycles. The third-order valence-corrected chi connectivity index (χ3v) is 6.04. The zero-order valence-electron chi connectivity index (χ0n) is 12.4. The van der Waals surface area contributed by atoms with Crippen LogP contribution in [-0.2, 0) is 14.8 Å². The SMILES string of the molecule is Cc1ccc(N)c(S(=O)(=O)NC2(C)CCOC2C)c1C. The van der Waals surface area contributed by atoms with Crippen molar-refractivity contribution in [3.8, 4) is 0 Å². The van der Waals surface area contributed by atoms with Crippen molar-refractivity contribution in [3.05, 3.63) is 23.3 Å². The van der Waals surface area contributed by atoms with Crippen molar-refractivity contribution in [2.24, 2.45) is 0 Å². The smallest absolute Gasteiger partial charge is 0.243 e. The van der Waals surface area contributed by atoms with Crippen LogP contribution in [-0.4, -0.2) is 26.7 Å². The Balaban J connectivity index is 2.44. The van der Waals surface area contributed by atoms with E-state index in [1.807, 2.05) is 26.8 Å². The molecule has 0 spiro atoms. The zero-order chi connectivity index (χ0) is 15.1. The highest BCUT2D eigenvalue weighted by Crippen LogP contribution is 2.30. The van der Waals surface area contributed by atoms with Crippen molar-refractivity contribution in [3.63, 3.8) is 0 Å². The molecule has 0 saturated carbocycles. The summed E-state index contributed by atoms with van der Waals surface area (Å²) < 4.78 is 33.6. The lowest BCUT2D eigenvalue weighted by Gasteiger charge is -2.29. The first-order chi connectivity index (χ1) is 9.17. The number of nitrogens with one attached hydrogen (secondary N) is 1. The van der Waals surface area contributed by atoms with E-state index in [4.69, 9.17) is 10.5 Å². The molecule has 3 N–H and O–H groups in total. The molecule has 0 aliphatic carbocycles. The van der Waals surface area contributed by atoms with Crippen molar-refractivity contribution >= 4 is 15.7 Å². The van der Waals surface area contributed by atoms with Crippen LogP contribution in [0.2, 0.25) is 0 Å². The molecule has 1 aliphatic rings. The summed E-state index contributed by atoms with van der Waals surface area (Å²) in [5.41, 5.74) is 7.15. The molecule has 2 rings (SSSR count). The van der Waals surface area contributed by atoms with Crippen LogP contribution in [0.4, 0.5) is 5.69 Å². The summed E-state index contributed by atoms with van der Waals surface area (Å²) in [5.74, 6) is 0. The minimum atomic E-state index is -3.67. The van der Waals surface area contributed by atoms with Crippen LogP contribution < -0.4 is 10.5 Å². The number of ether oxygens (including phenoxy) is 1. The Kier molecular flexibility index (Phi) is 3.83. The number of aryl methyl sites for hydroxylation is 1. The van der Waals surface area contributed by atoms with E-state index in [0.29, 0.717) is 18.6 Å². The quantitative estimate of drug-likeness (QED) is 0.833. The minimum Gasteiger partial charge on any atom is -0.398 e. The summed E-state index contributed by atoms with van der Waals surface area (Å²) in [6.07, 6.45) is 0.488. The van der Waals surface area contributed by atoms with Gasteiger partial charge in [0.15, 0.2) is 0 Å². The van der Waals surface area contributed by atoms with E-state index >= 15 is 0 Å². The van der Waals surface area contributed by atoms with Crippen molar-refractivity contribution in [1.82, 2.24) is 4.72 Å². The van der Waals surface area contributed by atoms with Crippen LogP contribution in [0.3, 0.4) is 0 Å². The van der Waals surface area contributed by atoms with Gasteiger partial charge < -0.3 is 10.5 Å². The van der Waals surface area contributed by atoms with Gasteiger partial charge in [0.2, 0.25) is 10.0 Å². The molecule has 6 heteroatoms. The predicted octanol–water partition coefficient (Wildman–Crippen LogP) is 1.73. The van der Waals surface area contributed by atoms with Crippen LogP contribution >= 0.6 is 0 Å². The molecular formula is C14H22N2O3S. The predicted molar refractivity (Wildman–Crippen MR) is 79.1 cm³/mol. The van der Waals surface area contributed by atoms with Gasteiger partial charge >= 0.3 is 0 Å². The van der Waals surface area contributed by atoms with Gasteiger partial charge in [0, 0.05) is 6.61 Å². The Labute approximate surface area is 120 Å². The third kappa shape index (κ3) is 2.55. The highest BCUT2D eigenvalue weighted by Gasteiger charge is 2.41. The Bertz CT molecular complexity index is 628. The van der Waals surface area contributed by atoms with Gasteiger partial charge in [-0.25, -0.2) is 13.1 Å². The second-order valence-electron chi connectivity index (χ2n) is 5.71. The van der Waals surface area contributed by atoms with Crippen LogP contribution in [0.1, 0.15) is 31.4 Å². The highest BCUT2D eigenvalue weighted by atomic mass is 32.2. The maximum atomic E-state index is 12.7. The van der Waals surface area contributed by atoms with Gasteiger partial charge in [0.05, 0.1) is 17.3 Å². The molecule has 0 aromatic heterocycles. The largest absolute Gasteiger partial charge is 0.398 e. The molecule has 5 nitrogen and oxygen atoms in total. The van der Waals surface area contributed by atoms with Gasteiger partial charge in [-0.1, -0.05) is 6.07 Å². The molecule has 0 amide bonds. The van der Waals surface area contributed by atoms with E-state index in [2.05, 4.69) is 4.72 Å². The molecule has 1 aromatic rings. The lowest BCUT2D eigenvalue weighted by atomic mass is 9.97. The van der Waals surface area contributed by atoms with E-state index < -0.39 is 15.6 Å². The van der Waals surface area contributed by atoms with Gasteiger partial charge in [-0.3, -0.25) is 0 Å². The Morgan fingerprint density at radius 1 is 1.40 bits per heavy atom. The highest BCUT2D eigenvalue weighted by molar-refractivity contribution is 7.89. The number of sulfonamides is 1. The van der Waals surface area contributed by atoms with Crippen LogP contribution in [0.25, 0.3) is 0 Å². The standard InChI is InChI=1S/C14H22N2O3S/c1-9-5-6-12(15)13(10(9)2)20(17,18)16-14(4)7-8-19-11(14)3/h5-6,11,16H,7-8,15H2,1-4H3. The number of hydrogen-bond acceptors (Lipinski definition) is 4. The molecule has 112 valence electrons. The van der Waals surface area contributed by atoms with E-state index in [1.165, 1.54) is 0 Å².